The minimum atomic E-state index is -0.500. The average molecular weight is 367 g/mol. The van der Waals surface area contributed by atoms with E-state index in [1.54, 1.807) is 24.5 Å². The first kappa shape index (κ1) is 18.6. The predicted octanol–water partition coefficient (Wildman–Crippen LogP) is 3.46. The molecule has 0 saturated heterocycles. The van der Waals surface area contributed by atoms with E-state index in [9.17, 15) is 9.18 Å². The largest absolute Gasteiger partial charge is 0.483 e. The minimum Gasteiger partial charge on any atom is -0.483 e. The first-order valence-electron chi connectivity index (χ1n) is 8.67. The Balaban J connectivity index is 1.76. The number of aryl methyl sites for hydroxylation is 2. The number of aromatic nitrogens is 2. The van der Waals surface area contributed by atoms with Crippen LogP contribution in [0.15, 0.2) is 54.9 Å². The number of amides is 1. The summed E-state index contributed by atoms with van der Waals surface area (Å²) in [4.78, 5) is 16.8. The summed E-state index contributed by atoms with van der Waals surface area (Å²) in [6.45, 7) is 3.83. The van der Waals surface area contributed by atoms with Crippen LogP contribution in [0, 0.1) is 19.7 Å². The van der Waals surface area contributed by atoms with Gasteiger partial charge < -0.3 is 14.6 Å². The van der Waals surface area contributed by atoms with Crippen molar-refractivity contribution in [1.29, 1.82) is 0 Å². The highest BCUT2D eigenvalue weighted by molar-refractivity contribution is 5.78. The number of nitrogens with zero attached hydrogens (tertiary/aromatic N) is 2. The number of carbonyl (C=O) groups is 1. The van der Waals surface area contributed by atoms with Crippen molar-refractivity contribution >= 4 is 5.91 Å². The zero-order chi connectivity index (χ0) is 19.4. The molecule has 3 aromatic rings. The Hall–Kier alpha value is -3.15. The maximum atomic E-state index is 13.3. The fourth-order valence-corrected chi connectivity index (χ4v) is 2.83. The van der Waals surface area contributed by atoms with Crippen molar-refractivity contribution in [1.82, 2.24) is 14.9 Å². The fraction of sp³-hybridized carbons (Fsp3) is 0.238. The maximum absolute atomic E-state index is 13.3. The molecule has 0 unspecified atom stereocenters. The second kappa shape index (κ2) is 8.03. The van der Waals surface area contributed by atoms with Gasteiger partial charge in [0.1, 0.15) is 23.4 Å². The van der Waals surface area contributed by atoms with Gasteiger partial charge in [-0.05, 0) is 48.7 Å². The van der Waals surface area contributed by atoms with Crippen LogP contribution in [-0.2, 0) is 11.8 Å². The Bertz CT molecular complexity index is 935. The van der Waals surface area contributed by atoms with Gasteiger partial charge in [-0.25, -0.2) is 9.37 Å². The third kappa shape index (κ3) is 4.34. The molecule has 0 spiro atoms. The number of benzene rings is 2. The molecule has 140 valence electrons. The van der Waals surface area contributed by atoms with Crippen molar-refractivity contribution in [3.05, 3.63) is 83.2 Å². The molecule has 1 N–H and O–H groups in total. The molecular formula is C21H22FN3O2. The normalized spacial score (nSPS) is 11.9. The number of halogens is 1. The van der Waals surface area contributed by atoms with E-state index in [-0.39, 0.29) is 18.3 Å². The molecule has 1 aromatic heterocycles. The van der Waals surface area contributed by atoms with Gasteiger partial charge in [0.25, 0.3) is 5.91 Å². The third-order valence-corrected chi connectivity index (χ3v) is 4.54. The van der Waals surface area contributed by atoms with Crippen LogP contribution in [0.4, 0.5) is 4.39 Å². The average Bonchev–Trinajstić information content (AvgIpc) is 3.07. The lowest BCUT2D eigenvalue weighted by molar-refractivity contribution is -0.123. The maximum Gasteiger partial charge on any atom is 0.258 e. The van der Waals surface area contributed by atoms with E-state index in [1.807, 2.05) is 43.7 Å². The molecule has 0 saturated carbocycles. The standard InChI is InChI=1S/C21H22FN3O2/c1-14-5-4-6-18(15(14)2)27-13-19(26)24-20(21-23-11-12-25(21)3)16-7-9-17(22)10-8-16/h4-12,20H,13H2,1-3H3,(H,24,26)/t20-/m1/s1. The van der Waals surface area contributed by atoms with E-state index in [0.29, 0.717) is 11.6 Å². The van der Waals surface area contributed by atoms with Crippen LogP contribution in [0.1, 0.15) is 28.6 Å². The van der Waals surface area contributed by atoms with Crippen molar-refractivity contribution in [2.45, 2.75) is 19.9 Å². The highest BCUT2D eigenvalue weighted by Gasteiger charge is 2.21. The number of carbonyl (C=O) groups excluding carboxylic acids is 1. The van der Waals surface area contributed by atoms with E-state index < -0.39 is 6.04 Å². The molecule has 0 bridgehead atoms. The summed E-state index contributed by atoms with van der Waals surface area (Å²) in [5.41, 5.74) is 2.85. The number of hydrogen-bond donors (Lipinski definition) is 1. The Morgan fingerprint density at radius 2 is 1.96 bits per heavy atom. The molecule has 1 amide bonds. The second-order valence-electron chi connectivity index (χ2n) is 6.44. The van der Waals surface area contributed by atoms with Gasteiger partial charge in [-0.3, -0.25) is 4.79 Å². The van der Waals surface area contributed by atoms with Crippen molar-refractivity contribution in [3.8, 4) is 5.75 Å². The van der Waals surface area contributed by atoms with Crippen LogP contribution in [0.5, 0.6) is 5.75 Å². The lowest BCUT2D eigenvalue weighted by Gasteiger charge is -2.19. The van der Waals surface area contributed by atoms with E-state index >= 15 is 0 Å². The van der Waals surface area contributed by atoms with Crippen LogP contribution in [0.3, 0.4) is 0 Å². The second-order valence-corrected chi connectivity index (χ2v) is 6.44. The first-order chi connectivity index (χ1) is 13.0. The Kier molecular flexibility index (Phi) is 5.54. The van der Waals surface area contributed by atoms with Crippen molar-refractivity contribution in [2.24, 2.45) is 7.05 Å². The molecule has 1 atom stereocenters. The molecule has 27 heavy (non-hydrogen) atoms. The summed E-state index contributed by atoms with van der Waals surface area (Å²) < 4.78 is 20.8. The predicted molar refractivity (Wildman–Crippen MR) is 101 cm³/mol. The summed E-state index contributed by atoms with van der Waals surface area (Å²) in [5, 5.41) is 2.93. The van der Waals surface area contributed by atoms with E-state index in [0.717, 1.165) is 16.7 Å². The van der Waals surface area contributed by atoms with E-state index in [4.69, 9.17) is 4.74 Å². The Morgan fingerprint density at radius 1 is 1.22 bits per heavy atom. The van der Waals surface area contributed by atoms with Gasteiger partial charge in [0.15, 0.2) is 6.61 Å². The number of ether oxygens (including phenoxy) is 1. The molecule has 0 fully saturated rings. The Labute approximate surface area is 157 Å². The Morgan fingerprint density at radius 3 is 2.63 bits per heavy atom. The lowest BCUT2D eigenvalue weighted by atomic mass is 10.1. The van der Waals surface area contributed by atoms with Gasteiger partial charge in [0.2, 0.25) is 0 Å². The highest BCUT2D eigenvalue weighted by Crippen LogP contribution is 2.22. The summed E-state index contributed by atoms with van der Waals surface area (Å²) in [7, 11) is 1.84. The molecule has 0 aliphatic rings. The van der Waals surface area contributed by atoms with Gasteiger partial charge in [0.05, 0.1) is 0 Å². The lowest BCUT2D eigenvalue weighted by Crippen LogP contribution is -2.34. The molecule has 5 nitrogen and oxygen atoms in total. The van der Waals surface area contributed by atoms with Crippen molar-refractivity contribution < 1.29 is 13.9 Å². The van der Waals surface area contributed by atoms with Crippen LogP contribution in [0.25, 0.3) is 0 Å². The van der Waals surface area contributed by atoms with E-state index in [2.05, 4.69) is 10.3 Å². The monoisotopic (exact) mass is 367 g/mol. The number of nitrogens with one attached hydrogen (secondary N) is 1. The highest BCUT2D eigenvalue weighted by atomic mass is 19.1. The zero-order valence-corrected chi connectivity index (χ0v) is 15.6. The van der Waals surface area contributed by atoms with Gasteiger partial charge >= 0.3 is 0 Å². The number of imidazole rings is 1. The smallest absolute Gasteiger partial charge is 0.258 e. The van der Waals surface area contributed by atoms with Gasteiger partial charge in [-0.15, -0.1) is 0 Å². The SMILES string of the molecule is Cc1cccc(OCC(=O)N[C@H](c2ccc(F)cc2)c2nccn2C)c1C. The van der Waals surface area contributed by atoms with Crippen LogP contribution in [0.2, 0.25) is 0 Å². The van der Waals surface area contributed by atoms with Crippen LogP contribution >= 0.6 is 0 Å². The summed E-state index contributed by atoms with van der Waals surface area (Å²) >= 11 is 0. The third-order valence-electron chi connectivity index (χ3n) is 4.54. The topological polar surface area (TPSA) is 56.1 Å². The quantitative estimate of drug-likeness (QED) is 0.726. The minimum absolute atomic E-state index is 0.119. The zero-order valence-electron chi connectivity index (χ0n) is 15.6. The number of hydrogen-bond acceptors (Lipinski definition) is 3. The molecule has 1 heterocycles. The first-order valence-corrected chi connectivity index (χ1v) is 8.67. The molecule has 2 aromatic carbocycles. The molecule has 0 aliphatic heterocycles. The molecule has 6 heteroatoms. The molecule has 0 aliphatic carbocycles. The summed E-state index contributed by atoms with van der Waals surface area (Å²) in [5.74, 6) is 0.720. The van der Waals surface area contributed by atoms with Crippen molar-refractivity contribution in [2.75, 3.05) is 6.61 Å². The summed E-state index contributed by atoms with van der Waals surface area (Å²) in [6.07, 6.45) is 3.45. The fourth-order valence-electron chi connectivity index (χ4n) is 2.83. The van der Waals surface area contributed by atoms with Crippen LogP contribution in [-0.4, -0.2) is 22.1 Å². The van der Waals surface area contributed by atoms with E-state index in [1.165, 1.54) is 12.1 Å². The summed E-state index contributed by atoms with van der Waals surface area (Å²) in [6, 6.07) is 11.2. The molecule has 0 radical (unpaired) electrons. The van der Waals surface area contributed by atoms with Crippen LogP contribution < -0.4 is 10.1 Å². The molecular weight excluding hydrogens is 345 g/mol. The van der Waals surface area contributed by atoms with Gasteiger partial charge in [-0.1, -0.05) is 24.3 Å². The van der Waals surface area contributed by atoms with Gasteiger partial charge in [0, 0.05) is 19.4 Å². The molecule has 3 rings (SSSR count). The van der Waals surface area contributed by atoms with Gasteiger partial charge in [-0.2, -0.15) is 0 Å². The van der Waals surface area contributed by atoms with Crippen molar-refractivity contribution in [3.63, 3.8) is 0 Å². The number of rotatable bonds is 6.